The molecule has 4 aromatic rings. The fraction of sp³-hybridized carbons (Fsp3) is 0.143. The Morgan fingerprint density at radius 1 is 0.893 bits per heavy atom. The lowest BCUT2D eigenvalue weighted by atomic mass is 10.1. The van der Waals surface area contributed by atoms with Gasteiger partial charge in [-0.15, -0.1) is 0 Å². The molecule has 0 saturated carbocycles. The van der Waals surface area contributed by atoms with E-state index in [-0.39, 0.29) is 11.3 Å². The summed E-state index contributed by atoms with van der Waals surface area (Å²) in [6, 6.07) is 16.8. The van der Waals surface area contributed by atoms with Crippen molar-refractivity contribution in [3.8, 4) is 28.3 Å². The summed E-state index contributed by atoms with van der Waals surface area (Å²) in [7, 11) is 1.50. The van der Waals surface area contributed by atoms with Crippen LogP contribution >= 0.6 is 0 Å². The first-order valence-electron chi connectivity index (χ1n) is 8.54. The molecular formula is C21H16F3N3O. The van der Waals surface area contributed by atoms with Gasteiger partial charge in [0, 0.05) is 17.2 Å². The van der Waals surface area contributed by atoms with Crippen LogP contribution in [0.25, 0.3) is 28.2 Å². The molecule has 0 atom stereocenters. The molecule has 142 valence electrons. The number of methoxy groups -OCH3 is 1. The van der Waals surface area contributed by atoms with Crippen LogP contribution in [0.1, 0.15) is 11.3 Å². The standard InChI is InChI=1S/C21H16F3N3O/c1-13-6-8-14(9-7-13)18-12-20-25-17(15-4-3-5-16(10-15)28-2)11-19(21(22,23)24)27(20)26-18/h3-12H,1-2H3. The van der Waals surface area contributed by atoms with Crippen molar-refractivity contribution in [3.05, 3.63) is 71.9 Å². The summed E-state index contributed by atoms with van der Waals surface area (Å²) in [4.78, 5) is 4.40. The van der Waals surface area contributed by atoms with Gasteiger partial charge in [0.1, 0.15) is 5.75 Å². The fourth-order valence-corrected chi connectivity index (χ4v) is 2.97. The molecule has 0 fully saturated rings. The van der Waals surface area contributed by atoms with Crippen LogP contribution < -0.4 is 4.74 Å². The summed E-state index contributed by atoms with van der Waals surface area (Å²) < 4.78 is 47.1. The molecule has 28 heavy (non-hydrogen) atoms. The van der Waals surface area contributed by atoms with E-state index in [2.05, 4.69) is 10.1 Å². The second-order valence-corrected chi connectivity index (χ2v) is 6.42. The lowest BCUT2D eigenvalue weighted by Gasteiger charge is -2.11. The molecule has 0 radical (unpaired) electrons. The van der Waals surface area contributed by atoms with Gasteiger partial charge in [0.25, 0.3) is 0 Å². The van der Waals surface area contributed by atoms with Crippen molar-refractivity contribution in [1.82, 2.24) is 14.6 Å². The van der Waals surface area contributed by atoms with Gasteiger partial charge >= 0.3 is 6.18 Å². The normalized spacial score (nSPS) is 11.8. The molecule has 2 heterocycles. The Morgan fingerprint density at radius 3 is 2.32 bits per heavy atom. The van der Waals surface area contributed by atoms with E-state index in [0.29, 0.717) is 17.0 Å². The van der Waals surface area contributed by atoms with Gasteiger partial charge in [-0.1, -0.05) is 42.0 Å². The second-order valence-electron chi connectivity index (χ2n) is 6.42. The summed E-state index contributed by atoms with van der Waals surface area (Å²) in [5.41, 5.74) is 2.20. The number of halogens is 3. The zero-order valence-corrected chi connectivity index (χ0v) is 15.2. The molecule has 2 aromatic heterocycles. The van der Waals surface area contributed by atoms with Gasteiger partial charge in [-0.05, 0) is 25.1 Å². The lowest BCUT2D eigenvalue weighted by Crippen LogP contribution is -2.13. The van der Waals surface area contributed by atoms with E-state index in [1.807, 2.05) is 31.2 Å². The zero-order chi connectivity index (χ0) is 19.9. The first-order valence-corrected chi connectivity index (χ1v) is 8.54. The Balaban J connectivity index is 1.92. The number of rotatable bonds is 3. The highest BCUT2D eigenvalue weighted by atomic mass is 19.4. The molecule has 0 aliphatic rings. The summed E-state index contributed by atoms with van der Waals surface area (Å²) in [5.74, 6) is 0.543. The van der Waals surface area contributed by atoms with Crippen molar-refractivity contribution in [2.24, 2.45) is 0 Å². The highest BCUT2D eigenvalue weighted by Gasteiger charge is 2.35. The number of alkyl halides is 3. The third-order valence-corrected chi connectivity index (χ3v) is 4.43. The van der Waals surface area contributed by atoms with E-state index in [4.69, 9.17) is 4.74 Å². The van der Waals surface area contributed by atoms with Crippen LogP contribution in [0.5, 0.6) is 5.75 Å². The number of nitrogens with zero attached hydrogens (tertiary/aromatic N) is 3. The summed E-state index contributed by atoms with van der Waals surface area (Å²) in [6.07, 6.45) is -4.58. The number of aromatic nitrogens is 3. The van der Waals surface area contributed by atoms with Gasteiger partial charge in [-0.3, -0.25) is 0 Å². The Kier molecular flexibility index (Phi) is 4.30. The summed E-state index contributed by atoms with van der Waals surface area (Å²) in [6.45, 7) is 1.94. The minimum Gasteiger partial charge on any atom is -0.497 e. The van der Waals surface area contributed by atoms with E-state index >= 15 is 0 Å². The van der Waals surface area contributed by atoms with E-state index in [9.17, 15) is 13.2 Å². The zero-order valence-electron chi connectivity index (χ0n) is 15.2. The SMILES string of the molecule is COc1cccc(-c2cc(C(F)(F)F)n3nc(-c4ccc(C)cc4)cc3n2)c1. The predicted molar refractivity (Wildman–Crippen MR) is 100 cm³/mol. The number of aryl methyl sites for hydroxylation is 1. The van der Waals surface area contributed by atoms with E-state index < -0.39 is 11.9 Å². The van der Waals surface area contributed by atoms with Gasteiger partial charge < -0.3 is 4.74 Å². The molecule has 0 aliphatic heterocycles. The third kappa shape index (κ3) is 3.31. The second kappa shape index (κ2) is 6.67. The topological polar surface area (TPSA) is 39.4 Å². The third-order valence-electron chi connectivity index (χ3n) is 4.43. The minimum absolute atomic E-state index is 0.128. The summed E-state index contributed by atoms with van der Waals surface area (Å²) >= 11 is 0. The molecule has 0 bridgehead atoms. The van der Waals surface area contributed by atoms with Gasteiger partial charge in [-0.25, -0.2) is 9.50 Å². The van der Waals surface area contributed by atoms with Gasteiger partial charge in [0.15, 0.2) is 11.3 Å². The van der Waals surface area contributed by atoms with E-state index in [1.54, 1.807) is 30.3 Å². The largest absolute Gasteiger partial charge is 0.497 e. The molecule has 0 spiro atoms. The van der Waals surface area contributed by atoms with E-state index in [1.165, 1.54) is 7.11 Å². The van der Waals surface area contributed by atoms with Crippen molar-refractivity contribution in [3.63, 3.8) is 0 Å². The fourth-order valence-electron chi connectivity index (χ4n) is 2.97. The molecular weight excluding hydrogens is 367 g/mol. The van der Waals surface area contributed by atoms with Crippen molar-refractivity contribution < 1.29 is 17.9 Å². The van der Waals surface area contributed by atoms with Crippen molar-refractivity contribution in [2.75, 3.05) is 7.11 Å². The Morgan fingerprint density at radius 2 is 1.64 bits per heavy atom. The molecule has 0 aliphatic carbocycles. The Bertz CT molecular complexity index is 1150. The van der Waals surface area contributed by atoms with Gasteiger partial charge in [0.05, 0.1) is 18.5 Å². The number of fused-ring (bicyclic) bond motifs is 1. The maximum absolute atomic E-state index is 13.7. The maximum atomic E-state index is 13.7. The molecule has 0 unspecified atom stereocenters. The van der Waals surface area contributed by atoms with Crippen LogP contribution in [0.4, 0.5) is 13.2 Å². The molecule has 0 N–H and O–H groups in total. The molecule has 0 amide bonds. The average molecular weight is 383 g/mol. The minimum atomic E-state index is -4.58. The maximum Gasteiger partial charge on any atom is 0.433 e. The monoisotopic (exact) mass is 383 g/mol. The quantitative estimate of drug-likeness (QED) is 0.476. The van der Waals surface area contributed by atoms with E-state index in [0.717, 1.165) is 21.7 Å². The van der Waals surface area contributed by atoms with Crippen LogP contribution in [0.2, 0.25) is 0 Å². The summed E-state index contributed by atoms with van der Waals surface area (Å²) in [5, 5.41) is 4.16. The average Bonchev–Trinajstić information content (AvgIpc) is 3.11. The molecule has 2 aromatic carbocycles. The van der Waals surface area contributed by atoms with Crippen molar-refractivity contribution in [1.29, 1.82) is 0 Å². The van der Waals surface area contributed by atoms with Crippen LogP contribution in [0.3, 0.4) is 0 Å². The number of benzene rings is 2. The lowest BCUT2D eigenvalue weighted by molar-refractivity contribution is -0.142. The number of hydrogen-bond donors (Lipinski definition) is 0. The first-order chi connectivity index (χ1) is 13.3. The number of hydrogen-bond acceptors (Lipinski definition) is 3. The van der Waals surface area contributed by atoms with Gasteiger partial charge in [0.2, 0.25) is 0 Å². The highest BCUT2D eigenvalue weighted by molar-refractivity contribution is 5.68. The Labute approximate surface area is 159 Å². The molecule has 7 heteroatoms. The van der Waals surface area contributed by atoms with Crippen molar-refractivity contribution >= 4 is 5.65 Å². The van der Waals surface area contributed by atoms with Crippen LogP contribution in [0.15, 0.2) is 60.7 Å². The Hall–Kier alpha value is -3.35. The van der Waals surface area contributed by atoms with Crippen LogP contribution in [-0.4, -0.2) is 21.7 Å². The van der Waals surface area contributed by atoms with Crippen LogP contribution in [-0.2, 0) is 6.18 Å². The molecule has 0 saturated heterocycles. The van der Waals surface area contributed by atoms with Gasteiger partial charge in [-0.2, -0.15) is 18.3 Å². The molecule has 4 rings (SSSR count). The first kappa shape index (κ1) is 18.0. The predicted octanol–water partition coefficient (Wildman–Crippen LogP) is 5.40. The molecule has 4 nitrogen and oxygen atoms in total. The smallest absolute Gasteiger partial charge is 0.433 e. The van der Waals surface area contributed by atoms with Crippen molar-refractivity contribution in [2.45, 2.75) is 13.1 Å². The van der Waals surface area contributed by atoms with Crippen LogP contribution in [0, 0.1) is 6.92 Å². The highest BCUT2D eigenvalue weighted by Crippen LogP contribution is 2.34. The number of ether oxygens (including phenoxy) is 1.